The van der Waals surface area contributed by atoms with Gasteiger partial charge in [0.15, 0.2) is 0 Å². The zero-order valence-corrected chi connectivity index (χ0v) is 9.00. The van der Waals surface area contributed by atoms with Gasteiger partial charge in [-0.2, -0.15) is 18.4 Å². The number of hydrogen-bond acceptors (Lipinski definition) is 3. The number of carbonyl (C=O) groups is 1. The summed E-state index contributed by atoms with van der Waals surface area (Å²) in [4.78, 5) is 13.5. The maximum atomic E-state index is 12.8. The van der Waals surface area contributed by atoms with Crippen LogP contribution in [0.25, 0.3) is 0 Å². The lowest BCUT2D eigenvalue weighted by molar-refractivity contribution is -0.140. The number of halogens is 5. The zero-order valence-electron chi connectivity index (χ0n) is 9.00. The van der Waals surface area contributed by atoms with Crippen LogP contribution in [0.5, 0.6) is 0 Å². The number of pyridine rings is 1. The van der Waals surface area contributed by atoms with E-state index in [1.54, 1.807) is 0 Å². The van der Waals surface area contributed by atoms with Crippen LogP contribution in [0.3, 0.4) is 0 Å². The topological polar surface area (TPSA) is 74.0 Å². The summed E-state index contributed by atoms with van der Waals surface area (Å²) < 4.78 is 63.3. The highest BCUT2D eigenvalue weighted by atomic mass is 19.4. The Morgan fingerprint density at radius 1 is 1.47 bits per heavy atom. The minimum absolute atomic E-state index is 0.386. The van der Waals surface area contributed by atoms with Gasteiger partial charge in [0.2, 0.25) is 0 Å². The lowest BCUT2D eigenvalue weighted by atomic mass is 10.00. The van der Waals surface area contributed by atoms with Crippen LogP contribution in [0.15, 0.2) is 6.20 Å². The number of hydrogen-bond donors (Lipinski definition) is 1. The van der Waals surface area contributed by atoms with Gasteiger partial charge in [0.25, 0.3) is 6.43 Å². The molecule has 102 valence electrons. The van der Waals surface area contributed by atoms with Crippen LogP contribution in [-0.4, -0.2) is 16.1 Å². The van der Waals surface area contributed by atoms with Crippen LogP contribution in [0, 0.1) is 11.3 Å². The van der Waals surface area contributed by atoms with E-state index in [0.29, 0.717) is 6.20 Å². The second kappa shape index (κ2) is 5.17. The van der Waals surface area contributed by atoms with Crippen LogP contribution in [0.4, 0.5) is 22.0 Å². The smallest absolute Gasteiger partial charge is 0.419 e. The average molecular weight is 280 g/mol. The molecule has 0 fully saturated rings. The molecule has 1 N–H and O–H groups in total. The molecule has 1 heterocycles. The van der Waals surface area contributed by atoms with Gasteiger partial charge in [0, 0.05) is 6.20 Å². The molecule has 0 unspecified atom stereocenters. The first-order valence-electron chi connectivity index (χ1n) is 4.67. The van der Waals surface area contributed by atoms with E-state index in [1.807, 2.05) is 0 Å². The van der Waals surface area contributed by atoms with Crippen molar-refractivity contribution >= 4 is 5.97 Å². The summed E-state index contributed by atoms with van der Waals surface area (Å²) >= 11 is 0. The Kier molecular flexibility index (Phi) is 4.04. The van der Waals surface area contributed by atoms with Crippen molar-refractivity contribution in [2.24, 2.45) is 0 Å². The predicted octanol–water partition coefficient (Wildman–Crippen LogP) is 2.54. The molecule has 0 saturated heterocycles. The predicted molar refractivity (Wildman–Crippen MR) is 50.3 cm³/mol. The Morgan fingerprint density at radius 2 is 2.05 bits per heavy atom. The summed E-state index contributed by atoms with van der Waals surface area (Å²) in [5.74, 6) is -1.62. The molecule has 19 heavy (non-hydrogen) atoms. The first kappa shape index (κ1) is 14.8. The van der Waals surface area contributed by atoms with Gasteiger partial charge in [0.05, 0.1) is 28.8 Å². The Morgan fingerprint density at radius 3 is 2.42 bits per heavy atom. The van der Waals surface area contributed by atoms with Crippen molar-refractivity contribution < 1.29 is 31.9 Å². The van der Waals surface area contributed by atoms with E-state index in [9.17, 15) is 26.7 Å². The van der Waals surface area contributed by atoms with Crippen molar-refractivity contribution in [1.82, 2.24) is 4.98 Å². The molecule has 0 aliphatic heterocycles. The second-order valence-electron chi connectivity index (χ2n) is 3.39. The van der Waals surface area contributed by atoms with Crippen LogP contribution in [-0.2, 0) is 17.4 Å². The molecular formula is C10H5F5N2O2. The number of nitrogens with zero attached hydrogens (tertiary/aromatic N) is 2. The standard InChI is InChI=1S/C10H5F5N2O2/c11-9(12)5-3-17-6(1-7(18)19)8(4(5)2-16)10(13,14)15/h3,9H,1H2,(H,18,19). The van der Waals surface area contributed by atoms with E-state index in [0.717, 1.165) is 6.07 Å². The van der Waals surface area contributed by atoms with E-state index < -0.39 is 47.4 Å². The fraction of sp³-hybridized carbons (Fsp3) is 0.300. The molecule has 4 nitrogen and oxygen atoms in total. The van der Waals surface area contributed by atoms with Crippen LogP contribution >= 0.6 is 0 Å². The minimum atomic E-state index is -5.15. The van der Waals surface area contributed by atoms with Crippen LogP contribution in [0.1, 0.15) is 28.8 Å². The van der Waals surface area contributed by atoms with E-state index >= 15 is 0 Å². The third-order valence-corrected chi connectivity index (χ3v) is 2.14. The maximum absolute atomic E-state index is 12.8. The van der Waals surface area contributed by atoms with Gasteiger partial charge in [-0.15, -0.1) is 0 Å². The van der Waals surface area contributed by atoms with E-state index in [1.165, 1.54) is 0 Å². The number of aromatic nitrogens is 1. The molecule has 0 atom stereocenters. The van der Waals surface area contributed by atoms with Crippen LogP contribution < -0.4 is 0 Å². The van der Waals surface area contributed by atoms with Gasteiger partial charge < -0.3 is 5.11 Å². The number of nitriles is 1. The monoisotopic (exact) mass is 280 g/mol. The molecule has 1 aromatic heterocycles. The second-order valence-corrected chi connectivity index (χ2v) is 3.39. The van der Waals surface area contributed by atoms with Crippen molar-refractivity contribution in [3.8, 4) is 6.07 Å². The Hall–Kier alpha value is -2.24. The average Bonchev–Trinajstić information content (AvgIpc) is 2.25. The summed E-state index contributed by atoms with van der Waals surface area (Å²) in [6, 6.07) is 1.03. The highest BCUT2D eigenvalue weighted by Gasteiger charge is 2.39. The SMILES string of the molecule is N#Cc1c(C(F)F)cnc(CC(=O)O)c1C(F)(F)F. The van der Waals surface area contributed by atoms with Crippen molar-refractivity contribution in [2.75, 3.05) is 0 Å². The lowest BCUT2D eigenvalue weighted by Crippen LogP contribution is -2.18. The van der Waals surface area contributed by atoms with E-state index in [2.05, 4.69) is 4.98 Å². The Bertz CT molecular complexity index is 548. The molecule has 0 aliphatic rings. The Labute approximate surface area is 103 Å². The molecule has 0 aliphatic carbocycles. The first-order valence-corrected chi connectivity index (χ1v) is 4.67. The van der Waals surface area contributed by atoms with Gasteiger partial charge in [-0.05, 0) is 0 Å². The minimum Gasteiger partial charge on any atom is -0.481 e. The Balaban J connectivity index is 3.62. The summed E-state index contributed by atoms with van der Waals surface area (Å²) in [5.41, 5.74) is -5.17. The molecule has 0 aromatic carbocycles. The quantitative estimate of drug-likeness (QED) is 0.863. The molecule has 1 aromatic rings. The molecule has 0 bridgehead atoms. The van der Waals surface area contributed by atoms with Gasteiger partial charge >= 0.3 is 12.1 Å². The first-order chi connectivity index (χ1) is 8.68. The third kappa shape index (κ3) is 3.15. The summed E-state index contributed by atoms with van der Waals surface area (Å²) in [6.45, 7) is 0. The molecule has 0 spiro atoms. The lowest BCUT2D eigenvalue weighted by Gasteiger charge is -2.15. The third-order valence-electron chi connectivity index (χ3n) is 2.14. The molecule has 9 heteroatoms. The molecule has 1 rings (SSSR count). The van der Waals surface area contributed by atoms with Crippen molar-refractivity contribution in [2.45, 2.75) is 19.0 Å². The largest absolute Gasteiger partial charge is 0.481 e. The zero-order chi connectivity index (χ0) is 14.8. The van der Waals surface area contributed by atoms with Crippen molar-refractivity contribution in [1.29, 1.82) is 5.26 Å². The fourth-order valence-electron chi connectivity index (χ4n) is 1.43. The van der Waals surface area contributed by atoms with Gasteiger partial charge in [-0.1, -0.05) is 0 Å². The number of carboxylic acid groups (broad SMARTS) is 1. The maximum Gasteiger partial charge on any atom is 0.419 e. The molecule has 0 amide bonds. The van der Waals surface area contributed by atoms with Crippen LogP contribution in [0.2, 0.25) is 0 Å². The number of alkyl halides is 5. The van der Waals surface area contributed by atoms with Gasteiger partial charge in [-0.25, -0.2) is 8.78 Å². The van der Waals surface area contributed by atoms with Crippen molar-refractivity contribution in [3.05, 3.63) is 28.6 Å². The van der Waals surface area contributed by atoms with Gasteiger partial charge in [-0.3, -0.25) is 9.78 Å². The summed E-state index contributed by atoms with van der Waals surface area (Å²) in [6.07, 6.45) is -9.19. The van der Waals surface area contributed by atoms with E-state index in [-0.39, 0.29) is 0 Å². The van der Waals surface area contributed by atoms with E-state index in [4.69, 9.17) is 10.4 Å². The highest BCUT2D eigenvalue weighted by Crippen LogP contribution is 2.37. The summed E-state index contributed by atoms with van der Waals surface area (Å²) in [5, 5.41) is 17.1. The number of aliphatic carboxylic acids is 1. The molecule has 0 saturated carbocycles. The highest BCUT2D eigenvalue weighted by molar-refractivity contribution is 5.70. The normalized spacial score (nSPS) is 11.4. The number of rotatable bonds is 3. The number of carboxylic acids is 1. The molecule has 0 radical (unpaired) electrons. The van der Waals surface area contributed by atoms with Crippen molar-refractivity contribution in [3.63, 3.8) is 0 Å². The fourth-order valence-corrected chi connectivity index (χ4v) is 1.43. The molecular weight excluding hydrogens is 275 g/mol. The van der Waals surface area contributed by atoms with Gasteiger partial charge in [0.1, 0.15) is 6.07 Å². The summed E-state index contributed by atoms with van der Waals surface area (Å²) in [7, 11) is 0.